The Hall–Kier alpha value is -3.46. The van der Waals surface area contributed by atoms with Crippen molar-refractivity contribution in [1.29, 1.82) is 0 Å². The summed E-state index contributed by atoms with van der Waals surface area (Å²) in [5.74, 6) is 1.32. The number of rotatable bonds is 5. The van der Waals surface area contributed by atoms with Crippen molar-refractivity contribution in [3.8, 4) is 0 Å². The van der Waals surface area contributed by atoms with Gasteiger partial charge >= 0.3 is 0 Å². The number of carbonyl (C=O) groups is 1. The molecule has 1 aliphatic carbocycles. The predicted molar refractivity (Wildman–Crippen MR) is 104 cm³/mol. The molecular weight excluding hydrogens is 358 g/mol. The Morgan fingerprint density at radius 1 is 1.29 bits per heavy atom. The smallest absolute Gasteiger partial charge is 0.226 e. The van der Waals surface area contributed by atoms with Crippen LogP contribution in [0.4, 0.5) is 17.3 Å². The molecule has 9 heteroatoms. The van der Waals surface area contributed by atoms with Gasteiger partial charge < -0.3 is 21.1 Å². The molecule has 3 aromatic heterocycles. The zero-order valence-corrected chi connectivity index (χ0v) is 15.0. The first-order valence-corrected chi connectivity index (χ1v) is 9.16. The van der Waals surface area contributed by atoms with Gasteiger partial charge in [-0.2, -0.15) is 9.61 Å². The van der Waals surface area contributed by atoms with E-state index in [2.05, 4.69) is 26.0 Å². The lowest BCUT2D eigenvalue weighted by Gasteiger charge is -2.11. The fraction of sp³-hybridized carbons (Fsp3) is 0.263. The van der Waals surface area contributed by atoms with E-state index in [9.17, 15) is 9.90 Å². The van der Waals surface area contributed by atoms with Crippen LogP contribution in [0.15, 0.2) is 42.4 Å². The number of nitrogens with one attached hydrogen (secondary N) is 3. The molecule has 1 unspecified atom stereocenters. The summed E-state index contributed by atoms with van der Waals surface area (Å²) in [7, 11) is 0. The molecule has 142 valence electrons. The summed E-state index contributed by atoms with van der Waals surface area (Å²) in [6.45, 7) is 0. The molecule has 1 amide bonds. The third kappa shape index (κ3) is 3.27. The molecule has 0 spiro atoms. The normalized spacial score (nSPS) is 20.5. The van der Waals surface area contributed by atoms with Gasteiger partial charge in [0.1, 0.15) is 17.9 Å². The Kier molecular flexibility index (Phi) is 3.94. The first-order valence-electron chi connectivity index (χ1n) is 9.16. The van der Waals surface area contributed by atoms with Crippen LogP contribution in [0.25, 0.3) is 11.7 Å². The second-order valence-electron chi connectivity index (χ2n) is 7.01. The fourth-order valence-corrected chi connectivity index (χ4v) is 3.18. The molecule has 28 heavy (non-hydrogen) atoms. The average molecular weight is 377 g/mol. The van der Waals surface area contributed by atoms with E-state index in [4.69, 9.17) is 4.98 Å². The second kappa shape index (κ2) is 6.61. The summed E-state index contributed by atoms with van der Waals surface area (Å²) in [6.07, 6.45) is 8.36. The molecule has 3 aromatic rings. The van der Waals surface area contributed by atoms with Crippen molar-refractivity contribution in [2.45, 2.75) is 31.5 Å². The van der Waals surface area contributed by atoms with Crippen molar-refractivity contribution in [2.24, 2.45) is 0 Å². The Morgan fingerprint density at radius 3 is 2.82 bits per heavy atom. The van der Waals surface area contributed by atoms with Crippen molar-refractivity contribution >= 4 is 35.0 Å². The van der Waals surface area contributed by atoms with Crippen molar-refractivity contribution in [2.75, 3.05) is 10.6 Å². The van der Waals surface area contributed by atoms with Gasteiger partial charge in [0.2, 0.25) is 5.91 Å². The number of hydrogen-bond acceptors (Lipinski definition) is 7. The van der Waals surface area contributed by atoms with Crippen molar-refractivity contribution < 1.29 is 9.90 Å². The number of nitrogens with zero attached hydrogens (tertiary/aromatic N) is 4. The molecule has 1 atom stereocenters. The number of fused-ring (bicyclic) bond motifs is 1. The zero-order chi connectivity index (χ0) is 19.1. The summed E-state index contributed by atoms with van der Waals surface area (Å²) < 4.78 is 1.75. The van der Waals surface area contributed by atoms with E-state index in [0.29, 0.717) is 23.1 Å². The average Bonchev–Trinajstić information content (AvgIpc) is 3.32. The van der Waals surface area contributed by atoms with Gasteiger partial charge in [0.05, 0.1) is 12.6 Å². The predicted octanol–water partition coefficient (Wildman–Crippen LogP) is 1.66. The van der Waals surface area contributed by atoms with Gasteiger partial charge in [0.15, 0.2) is 5.65 Å². The lowest BCUT2D eigenvalue weighted by molar-refractivity contribution is -0.120. The third-order valence-electron chi connectivity index (χ3n) is 4.74. The van der Waals surface area contributed by atoms with Crippen LogP contribution in [0.5, 0.6) is 0 Å². The maximum Gasteiger partial charge on any atom is 0.226 e. The van der Waals surface area contributed by atoms with Crippen molar-refractivity contribution in [3.05, 3.63) is 47.9 Å². The molecule has 1 saturated heterocycles. The van der Waals surface area contributed by atoms with Crippen LogP contribution in [0, 0.1) is 0 Å². The number of pyridine rings is 1. The Balaban J connectivity index is 1.57. The Labute approximate surface area is 160 Å². The first-order chi connectivity index (χ1) is 13.7. The second-order valence-corrected chi connectivity index (χ2v) is 7.01. The number of hydrogen-bond donors (Lipinski definition) is 4. The molecule has 4 heterocycles. The monoisotopic (exact) mass is 377 g/mol. The van der Waals surface area contributed by atoms with Gasteiger partial charge in [-0.3, -0.25) is 9.78 Å². The molecule has 0 radical (unpaired) electrons. The van der Waals surface area contributed by atoms with E-state index < -0.39 is 6.23 Å². The van der Waals surface area contributed by atoms with Crippen LogP contribution in [0.1, 0.15) is 24.8 Å². The van der Waals surface area contributed by atoms with E-state index in [0.717, 1.165) is 29.9 Å². The highest BCUT2D eigenvalue weighted by atomic mass is 16.3. The summed E-state index contributed by atoms with van der Waals surface area (Å²) >= 11 is 0. The number of carbonyl (C=O) groups excluding carboxylic acids is 1. The summed E-state index contributed by atoms with van der Waals surface area (Å²) in [6, 6.07) is 6.10. The van der Waals surface area contributed by atoms with E-state index >= 15 is 0 Å². The van der Waals surface area contributed by atoms with Crippen LogP contribution in [0.3, 0.4) is 0 Å². The number of aliphatic hydroxyl groups excluding tert-OH is 1. The largest absolute Gasteiger partial charge is 0.370 e. The summed E-state index contributed by atoms with van der Waals surface area (Å²) in [5, 5.41) is 23.7. The van der Waals surface area contributed by atoms with Gasteiger partial charge in [-0.25, -0.2) is 4.98 Å². The third-order valence-corrected chi connectivity index (χ3v) is 4.74. The van der Waals surface area contributed by atoms with Gasteiger partial charge in [-0.05, 0) is 36.6 Å². The van der Waals surface area contributed by atoms with Crippen molar-refractivity contribution in [3.63, 3.8) is 0 Å². The summed E-state index contributed by atoms with van der Waals surface area (Å²) in [4.78, 5) is 20.3. The molecule has 0 aromatic carbocycles. The van der Waals surface area contributed by atoms with E-state index in [1.165, 1.54) is 0 Å². The molecule has 0 bridgehead atoms. The topological polar surface area (TPSA) is 116 Å². The zero-order valence-electron chi connectivity index (χ0n) is 15.0. The number of amides is 1. The van der Waals surface area contributed by atoms with Crippen LogP contribution in [-0.4, -0.2) is 42.9 Å². The van der Waals surface area contributed by atoms with E-state index in [1.807, 2.05) is 18.2 Å². The maximum absolute atomic E-state index is 11.5. The summed E-state index contributed by atoms with van der Waals surface area (Å²) in [5.41, 5.74) is 2.86. The molecular formula is C19H19N7O2. The Bertz CT molecular complexity index is 1070. The molecule has 5 rings (SSSR count). The number of anilines is 3. The highest BCUT2D eigenvalue weighted by molar-refractivity contribution is 5.85. The van der Waals surface area contributed by atoms with Gasteiger partial charge in [-0.1, -0.05) is 0 Å². The fourth-order valence-electron chi connectivity index (χ4n) is 3.18. The Morgan fingerprint density at radius 2 is 2.11 bits per heavy atom. The minimum absolute atomic E-state index is 0.167. The molecule has 2 fully saturated rings. The minimum atomic E-state index is -0.968. The number of aliphatic hydroxyl groups is 1. The van der Waals surface area contributed by atoms with E-state index in [1.54, 1.807) is 29.2 Å². The molecule has 9 nitrogen and oxygen atoms in total. The maximum atomic E-state index is 11.5. The van der Waals surface area contributed by atoms with Gasteiger partial charge in [0, 0.05) is 35.8 Å². The molecule has 2 aliphatic rings. The number of aromatic nitrogens is 4. The highest BCUT2D eigenvalue weighted by Crippen LogP contribution is 2.29. The molecule has 1 aliphatic heterocycles. The SMILES string of the molecule is O=C1CC(=Cc2cnn3c(NC4CC4)cc(Nc4ccncc4)nc23)C(O)N1. The first kappa shape index (κ1) is 16.7. The van der Waals surface area contributed by atoms with Crippen LogP contribution >= 0.6 is 0 Å². The highest BCUT2D eigenvalue weighted by Gasteiger charge is 2.26. The van der Waals surface area contributed by atoms with Crippen molar-refractivity contribution in [1.82, 2.24) is 24.9 Å². The lowest BCUT2D eigenvalue weighted by Crippen LogP contribution is -2.24. The van der Waals surface area contributed by atoms with Gasteiger partial charge in [0.25, 0.3) is 0 Å². The van der Waals surface area contributed by atoms with Crippen LogP contribution < -0.4 is 16.0 Å². The quantitative estimate of drug-likeness (QED) is 0.534. The molecule has 1 saturated carbocycles. The van der Waals surface area contributed by atoms with Crippen LogP contribution in [-0.2, 0) is 4.79 Å². The molecule has 4 N–H and O–H groups in total. The van der Waals surface area contributed by atoms with Gasteiger partial charge in [-0.15, -0.1) is 0 Å². The minimum Gasteiger partial charge on any atom is -0.370 e. The standard InChI is InChI=1S/C19H19N7O2/c27-17-8-11(19(28)25-17)7-12-10-21-26-16(23-13-1-2-13)9-15(24-18(12)26)22-14-3-5-20-6-4-14/h3-7,9-10,13,19,23,28H,1-2,8H2,(H,25,27)(H,20,22,24). The van der Waals surface area contributed by atoms with E-state index in [-0.39, 0.29) is 12.3 Å². The lowest BCUT2D eigenvalue weighted by atomic mass is 10.1. The van der Waals surface area contributed by atoms with Crippen LogP contribution in [0.2, 0.25) is 0 Å².